The summed E-state index contributed by atoms with van der Waals surface area (Å²) in [6.45, 7) is 1.08. The summed E-state index contributed by atoms with van der Waals surface area (Å²) in [5, 5.41) is 2.69. The van der Waals surface area contributed by atoms with Gasteiger partial charge in [0, 0.05) is 30.1 Å². The van der Waals surface area contributed by atoms with E-state index in [0.717, 1.165) is 18.7 Å². The Bertz CT molecular complexity index is 1110. The van der Waals surface area contributed by atoms with Crippen molar-refractivity contribution in [3.63, 3.8) is 0 Å². The van der Waals surface area contributed by atoms with Crippen LogP contribution in [0.2, 0.25) is 0 Å². The number of nitrogens with one attached hydrogen (secondary N) is 1. The van der Waals surface area contributed by atoms with E-state index in [1.807, 2.05) is 12.1 Å². The van der Waals surface area contributed by atoms with Crippen LogP contribution in [-0.4, -0.2) is 26.2 Å². The van der Waals surface area contributed by atoms with Gasteiger partial charge in [-0.3, -0.25) is 9.59 Å². The maximum Gasteiger partial charge on any atom is 0.262 e. The number of amides is 1. The fraction of sp³-hybridized carbons (Fsp3) is 0.217. The Morgan fingerprint density at radius 3 is 2.87 bits per heavy atom. The SMILES string of the molecule is COc1cccc(NC(=O)COc2coc(CN3CCc4ccccc43)cc2=O)c1. The predicted molar refractivity (Wildman–Crippen MR) is 113 cm³/mol. The minimum Gasteiger partial charge on any atom is -0.497 e. The highest BCUT2D eigenvalue weighted by atomic mass is 16.5. The van der Waals surface area contributed by atoms with Crippen molar-refractivity contribution in [1.82, 2.24) is 0 Å². The molecule has 1 amide bonds. The maximum atomic E-state index is 12.4. The lowest BCUT2D eigenvalue weighted by atomic mass is 10.2. The molecule has 1 aliphatic rings. The van der Waals surface area contributed by atoms with E-state index in [-0.39, 0.29) is 23.7 Å². The molecule has 0 saturated carbocycles. The molecule has 0 radical (unpaired) electrons. The van der Waals surface area contributed by atoms with E-state index >= 15 is 0 Å². The van der Waals surface area contributed by atoms with Crippen LogP contribution < -0.4 is 25.1 Å². The zero-order chi connectivity index (χ0) is 20.9. The van der Waals surface area contributed by atoms with Crippen molar-refractivity contribution < 1.29 is 18.7 Å². The lowest BCUT2D eigenvalue weighted by Crippen LogP contribution is -2.23. The second-order valence-electron chi connectivity index (χ2n) is 6.94. The highest BCUT2D eigenvalue weighted by molar-refractivity contribution is 5.92. The molecule has 1 aliphatic heterocycles. The van der Waals surface area contributed by atoms with Crippen LogP contribution in [-0.2, 0) is 17.8 Å². The first-order valence-electron chi connectivity index (χ1n) is 9.63. The standard InChI is InChI=1S/C23H22N2O5/c1-28-18-7-4-6-17(11-18)24-23(27)15-30-22-14-29-19(12-21(22)26)13-25-10-9-16-5-2-3-8-20(16)25/h2-8,11-12,14H,9-10,13,15H2,1H3,(H,24,27). The summed E-state index contributed by atoms with van der Waals surface area (Å²) in [5.41, 5.74) is 2.71. The Morgan fingerprint density at radius 1 is 1.17 bits per heavy atom. The van der Waals surface area contributed by atoms with E-state index in [2.05, 4.69) is 22.3 Å². The average Bonchev–Trinajstić information content (AvgIpc) is 3.16. The van der Waals surface area contributed by atoms with E-state index in [9.17, 15) is 9.59 Å². The first-order chi connectivity index (χ1) is 14.6. The van der Waals surface area contributed by atoms with Gasteiger partial charge in [0.1, 0.15) is 17.8 Å². The van der Waals surface area contributed by atoms with Crippen molar-refractivity contribution in [3.05, 3.63) is 82.4 Å². The van der Waals surface area contributed by atoms with Gasteiger partial charge in [-0.1, -0.05) is 24.3 Å². The van der Waals surface area contributed by atoms with Crippen LogP contribution in [0.25, 0.3) is 0 Å². The molecule has 0 saturated heterocycles. The molecule has 3 aromatic rings. The Kier molecular flexibility index (Phi) is 5.70. The number of anilines is 2. The molecule has 0 unspecified atom stereocenters. The fourth-order valence-corrected chi connectivity index (χ4v) is 3.43. The van der Waals surface area contributed by atoms with Gasteiger partial charge in [-0.25, -0.2) is 0 Å². The number of carbonyl (C=O) groups excluding carboxylic acids is 1. The van der Waals surface area contributed by atoms with Crippen LogP contribution in [0.5, 0.6) is 11.5 Å². The lowest BCUT2D eigenvalue weighted by Gasteiger charge is -2.18. The molecule has 7 nitrogen and oxygen atoms in total. The number of nitrogens with zero attached hydrogens (tertiary/aromatic N) is 1. The molecule has 4 rings (SSSR count). The number of methoxy groups -OCH3 is 1. The van der Waals surface area contributed by atoms with Crippen molar-refractivity contribution in [1.29, 1.82) is 0 Å². The lowest BCUT2D eigenvalue weighted by molar-refractivity contribution is -0.118. The summed E-state index contributed by atoms with van der Waals surface area (Å²) in [7, 11) is 1.55. The van der Waals surface area contributed by atoms with Crippen molar-refractivity contribution in [2.24, 2.45) is 0 Å². The second-order valence-corrected chi connectivity index (χ2v) is 6.94. The van der Waals surface area contributed by atoms with Gasteiger partial charge in [0.2, 0.25) is 11.2 Å². The Morgan fingerprint density at radius 2 is 2.03 bits per heavy atom. The maximum absolute atomic E-state index is 12.4. The Labute approximate surface area is 173 Å². The summed E-state index contributed by atoms with van der Waals surface area (Å²) in [5.74, 6) is 0.789. The smallest absolute Gasteiger partial charge is 0.262 e. The third-order valence-corrected chi connectivity index (χ3v) is 4.89. The summed E-state index contributed by atoms with van der Waals surface area (Å²) in [6.07, 6.45) is 2.24. The molecule has 154 valence electrons. The topological polar surface area (TPSA) is 81.0 Å². The zero-order valence-electron chi connectivity index (χ0n) is 16.6. The number of carbonyl (C=O) groups is 1. The number of rotatable bonds is 7. The van der Waals surface area contributed by atoms with E-state index in [1.165, 1.54) is 17.9 Å². The molecule has 0 bridgehead atoms. The van der Waals surface area contributed by atoms with Crippen LogP contribution >= 0.6 is 0 Å². The van der Waals surface area contributed by atoms with Crippen LogP contribution in [0.4, 0.5) is 11.4 Å². The van der Waals surface area contributed by atoms with E-state index in [1.54, 1.807) is 31.4 Å². The van der Waals surface area contributed by atoms with E-state index < -0.39 is 0 Å². The molecule has 30 heavy (non-hydrogen) atoms. The molecule has 0 atom stereocenters. The Balaban J connectivity index is 1.34. The fourth-order valence-electron chi connectivity index (χ4n) is 3.43. The summed E-state index contributed by atoms with van der Waals surface area (Å²) in [4.78, 5) is 26.6. The number of benzene rings is 2. The molecule has 1 aromatic heterocycles. The quantitative estimate of drug-likeness (QED) is 0.649. The molecule has 2 aromatic carbocycles. The van der Waals surface area contributed by atoms with Crippen molar-refractivity contribution >= 4 is 17.3 Å². The monoisotopic (exact) mass is 406 g/mol. The van der Waals surface area contributed by atoms with Crippen molar-refractivity contribution in [2.45, 2.75) is 13.0 Å². The summed E-state index contributed by atoms with van der Waals surface area (Å²) < 4.78 is 16.0. The van der Waals surface area contributed by atoms with Gasteiger partial charge < -0.3 is 24.1 Å². The van der Waals surface area contributed by atoms with Crippen LogP contribution in [0, 0.1) is 0 Å². The first kappa shape index (κ1) is 19.6. The van der Waals surface area contributed by atoms with Gasteiger partial charge in [-0.05, 0) is 30.2 Å². The minimum absolute atomic E-state index is 0.00126. The second kappa shape index (κ2) is 8.73. The average molecular weight is 406 g/mol. The molecule has 2 heterocycles. The van der Waals surface area contributed by atoms with Crippen molar-refractivity contribution in [3.8, 4) is 11.5 Å². The van der Waals surface area contributed by atoms with Gasteiger partial charge in [0.15, 0.2) is 6.61 Å². The molecular formula is C23H22N2O5. The summed E-state index contributed by atoms with van der Waals surface area (Å²) in [6, 6.07) is 16.6. The van der Waals surface area contributed by atoms with Gasteiger partial charge in [0.05, 0.1) is 13.7 Å². The predicted octanol–water partition coefficient (Wildman–Crippen LogP) is 3.23. The number of fused-ring (bicyclic) bond motifs is 1. The van der Waals surface area contributed by atoms with Gasteiger partial charge in [-0.15, -0.1) is 0 Å². The Hall–Kier alpha value is -3.74. The third kappa shape index (κ3) is 4.46. The van der Waals surface area contributed by atoms with Gasteiger partial charge >= 0.3 is 0 Å². The van der Waals surface area contributed by atoms with Crippen molar-refractivity contribution in [2.75, 3.05) is 30.5 Å². The highest BCUT2D eigenvalue weighted by Crippen LogP contribution is 2.28. The van der Waals surface area contributed by atoms with E-state index in [4.69, 9.17) is 13.9 Å². The van der Waals surface area contributed by atoms with Crippen LogP contribution in [0.1, 0.15) is 11.3 Å². The molecule has 7 heteroatoms. The van der Waals surface area contributed by atoms with Crippen LogP contribution in [0.15, 0.2) is 70.1 Å². The number of hydrogen-bond acceptors (Lipinski definition) is 6. The van der Waals surface area contributed by atoms with Gasteiger partial charge in [-0.2, -0.15) is 0 Å². The highest BCUT2D eigenvalue weighted by Gasteiger charge is 2.19. The van der Waals surface area contributed by atoms with Crippen LogP contribution in [0.3, 0.4) is 0 Å². The largest absolute Gasteiger partial charge is 0.497 e. The molecule has 0 fully saturated rings. The minimum atomic E-state index is -0.389. The molecule has 1 N–H and O–H groups in total. The molecule has 0 aliphatic carbocycles. The number of hydrogen-bond donors (Lipinski definition) is 1. The zero-order valence-corrected chi connectivity index (χ0v) is 16.6. The first-order valence-corrected chi connectivity index (χ1v) is 9.63. The van der Waals surface area contributed by atoms with E-state index in [0.29, 0.717) is 23.7 Å². The molecule has 0 spiro atoms. The third-order valence-electron chi connectivity index (χ3n) is 4.89. The summed E-state index contributed by atoms with van der Waals surface area (Å²) >= 11 is 0. The number of para-hydroxylation sites is 1. The molecular weight excluding hydrogens is 384 g/mol. The van der Waals surface area contributed by atoms with Gasteiger partial charge in [0.25, 0.3) is 5.91 Å². The number of ether oxygens (including phenoxy) is 2. The normalized spacial score (nSPS) is 12.4.